The van der Waals surface area contributed by atoms with Crippen molar-refractivity contribution in [3.8, 4) is 0 Å². The first-order valence-corrected chi connectivity index (χ1v) is 6.55. The molecule has 82 valence electrons. The number of anilines is 1. The van der Waals surface area contributed by atoms with Crippen molar-refractivity contribution in [2.45, 2.75) is 25.3 Å². The van der Waals surface area contributed by atoms with Crippen LogP contribution in [0, 0.1) is 0 Å². The number of fused-ring (bicyclic) bond motifs is 1. The standard InChI is InChI=1S/C13H14N2S/c1-2-6-11-10(4-1)5-3-7-12(11)15-13-14-8-9-16-13/h1-2,4,6,8-9,12H,3,5,7H2,(H,14,15). The van der Waals surface area contributed by atoms with Crippen LogP contribution in [0.4, 0.5) is 5.13 Å². The van der Waals surface area contributed by atoms with Crippen LogP contribution in [0.5, 0.6) is 0 Å². The molecule has 3 rings (SSSR count). The van der Waals surface area contributed by atoms with Crippen LogP contribution < -0.4 is 5.32 Å². The summed E-state index contributed by atoms with van der Waals surface area (Å²) in [7, 11) is 0. The first-order valence-electron chi connectivity index (χ1n) is 5.67. The predicted molar refractivity (Wildman–Crippen MR) is 67.9 cm³/mol. The molecule has 1 aromatic heterocycles. The van der Waals surface area contributed by atoms with Crippen LogP contribution >= 0.6 is 11.3 Å². The Hall–Kier alpha value is -1.35. The number of aromatic nitrogens is 1. The Labute approximate surface area is 99.4 Å². The molecular formula is C13H14N2S. The lowest BCUT2D eigenvalue weighted by molar-refractivity contribution is 0.600. The monoisotopic (exact) mass is 230 g/mol. The van der Waals surface area contributed by atoms with E-state index in [1.807, 2.05) is 11.6 Å². The summed E-state index contributed by atoms with van der Waals surface area (Å²) < 4.78 is 0. The molecule has 2 nitrogen and oxygen atoms in total. The van der Waals surface area contributed by atoms with Gasteiger partial charge in [-0.15, -0.1) is 11.3 Å². The van der Waals surface area contributed by atoms with Crippen LogP contribution in [0.2, 0.25) is 0 Å². The van der Waals surface area contributed by atoms with Gasteiger partial charge < -0.3 is 5.32 Å². The van der Waals surface area contributed by atoms with Crippen LogP contribution in [0.1, 0.15) is 30.0 Å². The Balaban J connectivity index is 1.87. The molecule has 1 heterocycles. The Kier molecular flexibility index (Phi) is 2.62. The number of thiazole rings is 1. The van der Waals surface area contributed by atoms with Crippen LogP contribution in [-0.2, 0) is 6.42 Å². The third-order valence-corrected chi connectivity index (χ3v) is 3.80. The summed E-state index contributed by atoms with van der Waals surface area (Å²) in [6.07, 6.45) is 5.53. The summed E-state index contributed by atoms with van der Waals surface area (Å²) in [4.78, 5) is 4.29. The summed E-state index contributed by atoms with van der Waals surface area (Å²) in [5, 5.41) is 6.56. The van der Waals surface area contributed by atoms with Gasteiger partial charge >= 0.3 is 0 Å². The highest BCUT2D eigenvalue weighted by Crippen LogP contribution is 2.32. The SMILES string of the molecule is c1ccc2c(c1)CCCC2Nc1nccs1. The topological polar surface area (TPSA) is 24.9 Å². The number of hydrogen-bond donors (Lipinski definition) is 1. The van der Waals surface area contributed by atoms with Gasteiger partial charge in [-0.1, -0.05) is 24.3 Å². The van der Waals surface area contributed by atoms with Gasteiger partial charge in [-0.3, -0.25) is 0 Å². The zero-order valence-electron chi connectivity index (χ0n) is 9.02. The molecule has 0 amide bonds. The Morgan fingerprint density at radius 2 is 2.25 bits per heavy atom. The number of nitrogens with one attached hydrogen (secondary N) is 1. The fourth-order valence-electron chi connectivity index (χ4n) is 2.35. The van der Waals surface area contributed by atoms with E-state index < -0.39 is 0 Å². The second kappa shape index (κ2) is 4.26. The zero-order chi connectivity index (χ0) is 10.8. The molecule has 0 fully saturated rings. The fraction of sp³-hybridized carbons (Fsp3) is 0.308. The molecule has 0 bridgehead atoms. The van der Waals surface area contributed by atoms with Gasteiger partial charge in [0.05, 0.1) is 6.04 Å². The molecule has 0 saturated carbocycles. The average molecular weight is 230 g/mol. The van der Waals surface area contributed by atoms with Crippen LogP contribution in [-0.4, -0.2) is 4.98 Å². The average Bonchev–Trinajstić information content (AvgIpc) is 2.82. The minimum atomic E-state index is 0.441. The minimum Gasteiger partial charge on any atom is -0.355 e. The maximum Gasteiger partial charge on any atom is 0.183 e. The lowest BCUT2D eigenvalue weighted by atomic mass is 9.88. The molecule has 1 atom stereocenters. The summed E-state index contributed by atoms with van der Waals surface area (Å²) in [6, 6.07) is 9.17. The lowest BCUT2D eigenvalue weighted by Crippen LogP contribution is -2.17. The van der Waals surface area contributed by atoms with Gasteiger partial charge in [0.25, 0.3) is 0 Å². The molecule has 0 radical (unpaired) electrons. The summed E-state index contributed by atoms with van der Waals surface area (Å²) in [6.45, 7) is 0. The fourth-order valence-corrected chi connectivity index (χ4v) is 2.93. The van der Waals surface area contributed by atoms with E-state index in [4.69, 9.17) is 0 Å². The van der Waals surface area contributed by atoms with Crippen molar-refractivity contribution in [1.29, 1.82) is 0 Å². The highest BCUT2D eigenvalue weighted by Gasteiger charge is 2.19. The molecule has 1 aromatic carbocycles. The van der Waals surface area contributed by atoms with E-state index in [1.54, 1.807) is 11.3 Å². The largest absolute Gasteiger partial charge is 0.355 e. The highest BCUT2D eigenvalue weighted by molar-refractivity contribution is 7.13. The van der Waals surface area contributed by atoms with E-state index in [9.17, 15) is 0 Å². The summed E-state index contributed by atoms with van der Waals surface area (Å²) >= 11 is 1.67. The van der Waals surface area contributed by atoms with Crippen LogP contribution in [0.25, 0.3) is 0 Å². The summed E-state index contributed by atoms with van der Waals surface area (Å²) in [5.41, 5.74) is 2.94. The molecule has 2 aromatic rings. The first kappa shape index (κ1) is 9.85. The van der Waals surface area contributed by atoms with Crippen molar-refractivity contribution in [3.05, 3.63) is 47.0 Å². The number of hydrogen-bond acceptors (Lipinski definition) is 3. The molecular weight excluding hydrogens is 216 g/mol. The van der Waals surface area contributed by atoms with Gasteiger partial charge in [-0.2, -0.15) is 0 Å². The number of rotatable bonds is 2. The highest BCUT2D eigenvalue weighted by atomic mass is 32.1. The maximum atomic E-state index is 4.29. The lowest BCUT2D eigenvalue weighted by Gasteiger charge is -2.26. The van der Waals surface area contributed by atoms with Crippen molar-refractivity contribution >= 4 is 16.5 Å². The van der Waals surface area contributed by atoms with Crippen molar-refractivity contribution in [2.75, 3.05) is 5.32 Å². The number of benzene rings is 1. The second-order valence-electron chi connectivity index (χ2n) is 4.13. The van der Waals surface area contributed by atoms with E-state index in [-0.39, 0.29) is 0 Å². The Morgan fingerprint density at radius 1 is 1.31 bits per heavy atom. The predicted octanol–water partition coefficient (Wildman–Crippen LogP) is 3.63. The number of aryl methyl sites for hydroxylation is 1. The van der Waals surface area contributed by atoms with Crippen molar-refractivity contribution in [2.24, 2.45) is 0 Å². The molecule has 0 aliphatic heterocycles. The van der Waals surface area contributed by atoms with E-state index in [0.29, 0.717) is 6.04 Å². The van der Waals surface area contributed by atoms with Crippen molar-refractivity contribution in [3.63, 3.8) is 0 Å². The normalized spacial score (nSPS) is 19.1. The molecule has 1 aliphatic carbocycles. The zero-order valence-corrected chi connectivity index (χ0v) is 9.83. The molecule has 1 aliphatic rings. The molecule has 16 heavy (non-hydrogen) atoms. The Bertz CT molecular complexity index is 465. The third kappa shape index (κ3) is 1.83. The number of nitrogens with zero attached hydrogens (tertiary/aromatic N) is 1. The summed E-state index contributed by atoms with van der Waals surface area (Å²) in [5.74, 6) is 0. The van der Waals surface area contributed by atoms with Crippen LogP contribution in [0.3, 0.4) is 0 Å². The van der Waals surface area contributed by atoms with Gasteiger partial charge in [-0.05, 0) is 30.4 Å². The smallest absolute Gasteiger partial charge is 0.183 e. The molecule has 1 unspecified atom stereocenters. The van der Waals surface area contributed by atoms with Gasteiger partial charge in [0.1, 0.15) is 0 Å². The van der Waals surface area contributed by atoms with E-state index in [1.165, 1.54) is 30.4 Å². The quantitative estimate of drug-likeness (QED) is 0.852. The van der Waals surface area contributed by atoms with Crippen LogP contribution in [0.15, 0.2) is 35.8 Å². The van der Waals surface area contributed by atoms with E-state index in [0.717, 1.165) is 5.13 Å². The van der Waals surface area contributed by atoms with Gasteiger partial charge in [0.15, 0.2) is 5.13 Å². The molecule has 3 heteroatoms. The van der Waals surface area contributed by atoms with E-state index >= 15 is 0 Å². The van der Waals surface area contributed by atoms with Gasteiger partial charge in [-0.25, -0.2) is 4.98 Å². The minimum absolute atomic E-state index is 0.441. The molecule has 1 N–H and O–H groups in total. The van der Waals surface area contributed by atoms with E-state index in [2.05, 4.69) is 34.6 Å². The van der Waals surface area contributed by atoms with Gasteiger partial charge in [0.2, 0.25) is 0 Å². The van der Waals surface area contributed by atoms with Crippen molar-refractivity contribution in [1.82, 2.24) is 4.98 Å². The maximum absolute atomic E-state index is 4.29. The van der Waals surface area contributed by atoms with Gasteiger partial charge in [0, 0.05) is 11.6 Å². The molecule has 0 spiro atoms. The van der Waals surface area contributed by atoms with Crippen molar-refractivity contribution < 1.29 is 0 Å². The third-order valence-electron chi connectivity index (χ3n) is 3.10. The Morgan fingerprint density at radius 3 is 3.12 bits per heavy atom. The molecule has 0 saturated heterocycles. The first-order chi connectivity index (χ1) is 7.93. The second-order valence-corrected chi connectivity index (χ2v) is 5.02.